The Bertz CT molecular complexity index is 1060. The van der Waals surface area contributed by atoms with Gasteiger partial charge in [-0.25, -0.2) is 9.37 Å². The van der Waals surface area contributed by atoms with Crippen molar-refractivity contribution in [1.29, 1.82) is 0 Å². The quantitative estimate of drug-likeness (QED) is 0.499. The lowest BCUT2D eigenvalue weighted by molar-refractivity contribution is 0.477. The fourth-order valence-corrected chi connectivity index (χ4v) is 3.02. The van der Waals surface area contributed by atoms with E-state index in [1.807, 2.05) is 18.2 Å². The Balaban J connectivity index is 1.97. The van der Waals surface area contributed by atoms with E-state index in [0.717, 1.165) is 5.56 Å². The van der Waals surface area contributed by atoms with Crippen LogP contribution in [-0.4, -0.2) is 15.2 Å². The first-order valence-electron chi connectivity index (χ1n) is 8.46. The molecule has 0 amide bonds. The molecule has 1 aromatic heterocycles. The summed E-state index contributed by atoms with van der Waals surface area (Å²) in [6.45, 7) is 0. The molecule has 0 bridgehead atoms. The zero-order chi connectivity index (χ0) is 18.8. The predicted octanol–water partition coefficient (Wildman–Crippen LogP) is 5.63. The van der Waals surface area contributed by atoms with E-state index < -0.39 is 0 Å². The third kappa shape index (κ3) is 3.37. The van der Waals surface area contributed by atoms with Crippen LogP contribution in [0.25, 0.3) is 33.6 Å². The first-order valence-corrected chi connectivity index (χ1v) is 8.46. The van der Waals surface area contributed by atoms with Crippen LogP contribution in [0, 0.1) is 5.82 Å². The molecule has 3 aromatic carbocycles. The Morgan fingerprint density at radius 1 is 0.593 bits per heavy atom. The molecule has 0 radical (unpaired) electrons. The summed E-state index contributed by atoms with van der Waals surface area (Å²) in [6.07, 6.45) is 0. The average molecular weight is 357 g/mol. The third-order valence-electron chi connectivity index (χ3n) is 4.34. The van der Waals surface area contributed by atoms with Crippen molar-refractivity contribution >= 4 is 0 Å². The maximum atomic E-state index is 13.7. The van der Waals surface area contributed by atoms with Crippen molar-refractivity contribution in [2.75, 3.05) is 0 Å². The van der Waals surface area contributed by atoms with Crippen LogP contribution in [0.15, 0.2) is 84.9 Å². The number of nitrogens with zero attached hydrogens (tertiary/aromatic N) is 1. The SMILES string of the molecule is Oc1ccccc1-c1cc(-c2cccc(F)c2)cc(-c2ccccc2O)n1. The maximum absolute atomic E-state index is 13.7. The van der Waals surface area contributed by atoms with Gasteiger partial charge in [-0.3, -0.25) is 0 Å². The van der Waals surface area contributed by atoms with Crippen LogP contribution in [0.5, 0.6) is 11.5 Å². The first kappa shape index (κ1) is 16.8. The van der Waals surface area contributed by atoms with Crippen molar-refractivity contribution in [2.24, 2.45) is 0 Å². The highest BCUT2D eigenvalue weighted by Gasteiger charge is 2.13. The lowest BCUT2D eigenvalue weighted by Gasteiger charge is -2.12. The van der Waals surface area contributed by atoms with Gasteiger partial charge < -0.3 is 10.2 Å². The van der Waals surface area contributed by atoms with Gasteiger partial charge in [0.2, 0.25) is 0 Å². The average Bonchev–Trinajstić information content (AvgIpc) is 2.68. The molecule has 4 heteroatoms. The summed E-state index contributed by atoms with van der Waals surface area (Å²) in [7, 11) is 0. The predicted molar refractivity (Wildman–Crippen MR) is 104 cm³/mol. The summed E-state index contributed by atoms with van der Waals surface area (Å²) < 4.78 is 13.7. The number of aromatic nitrogens is 1. The van der Waals surface area contributed by atoms with Crippen molar-refractivity contribution in [3.8, 4) is 45.1 Å². The summed E-state index contributed by atoms with van der Waals surface area (Å²) in [5, 5.41) is 20.5. The third-order valence-corrected chi connectivity index (χ3v) is 4.34. The lowest BCUT2D eigenvalue weighted by atomic mass is 9.99. The van der Waals surface area contributed by atoms with Gasteiger partial charge in [-0.15, -0.1) is 0 Å². The second-order valence-corrected chi connectivity index (χ2v) is 6.17. The number of pyridine rings is 1. The van der Waals surface area contributed by atoms with Crippen molar-refractivity contribution < 1.29 is 14.6 Å². The van der Waals surface area contributed by atoms with E-state index in [-0.39, 0.29) is 17.3 Å². The summed E-state index contributed by atoms with van der Waals surface area (Å²) in [6, 6.07) is 23.7. The standard InChI is InChI=1S/C23H16FNO2/c24-17-7-5-6-15(12-17)16-13-20(18-8-1-3-10-22(18)26)25-21(14-16)19-9-2-4-11-23(19)27/h1-14,26-27H. The van der Waals surface area contributed by atoms with Crippen LogP contribution >= 0.6 is 0 Å². The van der Waals surface area contributed by atoms with Gasteiger partial charge in [-0.1, -0.05) is 36.4 Å². The molecule has 0 saturated carbocycles. The molecule has 0 aliphatic carbocycles. The van der Waals surface area contributed by atoms with Crippen molar-refractivity contribution in [1.82, 2.24) is 4.98 Å². The zero-order valence-electron chi connectivity index (χ0n) is 14.3. The summed E-state index contributed by atoms with van der Waals surface area (Å²) >= 11 is 0. The minimum Gasteiger partial charge on any atom is -0.507 e. The van der Waals surface area contributed by atoms with E-state index in [4.69, 9.17) is 0 Å². The normalized spacial score (nSPS) is 10.7. The van der Waals surface area contributed by atoms with Crippen LogP contribution in [-0.2, 0) is 0 Å². The fourth-order valence-electron chi connectivity index (χ4n) is 3.02. The number of phenolic OH excluding ortho intramolecular Hbond substituents is 2. The van der Waals surface area contributed by atoms with E-state index in [9.17, 15) is 14.6 Å². The van der Waals surface area contributed by atoms with E-state index >= 15 is 0 Å². The fraction of sp³-hybridized carbons (Fsp3) is 0. The number of phenols is 2. The molecule has 2 N–H and O–H groups in total. The largest absolute Gasteiger partial charge is 0.507 e. The lowest BCUT2D eigenvalue weighted by Crippen LogP contribution is -1.92. The van der Waals surface area contributed by atoms with Crippen LogP contribution in [0.4, 0.5) is 4.39 Å². The molecular weight excluding hydrogens is 341 g/mol. The molecule has 0 unspecified atom stereocenters. The molecule has 27 heavy (non-hydrogen) atoms. The molecule has 1 heterocycles. The molecule has 4 rings (SSSR count). The monoisotopic (exact) mass is 357 g/mol. The molecule has 3 nitrogen and oxygen atoms in total. The van der Waals surface area contributed by atoms with Gasteiger partial charge in [0.05, 0.1) is 11.4 Å². The summed E-state index contributed by atoms with van der Waals surface area (Å²) in [5.74, 6) is -0.133. The zero-order valence-corrected chi connectivity index (χ0v) is 14.3. The number of hydrogen-bond donors (Lipinski definition) is 2. The highest BCUT2D eigenvalue weighted by molar-refractivity contribution is 5.79. The van der Waals surface area contributed by atoms with Gasteiger partial charge in [0.25, 0.3) is 0 Å². The highest BCUT2D eigenvalue weighted by atomic mass is 19.1. The van der Waals surface area contributed by atoms with E-state index in [2.05, 4.69) is 4.98 Å². The number of rotatable bonds is 3. The van der Waals surface area contributed by atoms with Crippen LogP contribution < -0.4 is 0 Å². The number of para-hydroxylation sites is 2. The van der Waals surface area contributed by atoms with Gasteiger partial charge in [0, 0.05) is 11.1 Å². The molecular formula is C23H16FNO2. The van der Waals surface area contributed by atoms with E-state index in [0.29, 0.717) is 28.1 Å². The second kappa shape index (κ2) is 6.92. The van der Waals surface area contributed by atoms with Gasteiger partial charge in [0.1, 0.15) is 17.3 Å². The van der Waals surface area contributed by atoms with E-state index in [1.165, 1.54) is 12.1 Å². The van der Waals surface area contributed by atoms with Gasteiger partial charge in [0.15, 0.2) is 0 Å². The maximum Gasteiger partial charge on any atom is 0.124 e. The molecule has 4 aromatic rings. The van der Waals surface area contributed by atoms with Crippen molar-refractivity contribution in [3.63, 3.8) is 0 Å². The smallest absolute Gasteiger partial charge is 0.124 e. The molecule has 0 aliphatic heterocycles. The van der Waals surface area contributed by atoms with Gasteiger partial charge in [-0.05, 0) is 59.7 Å². The minimum atomic E-state index is -0.336. The Hall–Kier alpha value is -3.66. The molecule has 0 saturated heterocycles. The van der Waals surface area contributed by atoms with Crippen LogP contribution in [0.3, 0.4) is 0 Å². The minimum absolute atomic E-state index is 0.102. The Kier molecular flexibility index (Phi) is 4.30. The van der Waals surface area contributed by atoms with Crippen LogP contribution in [0.1, 0.15) is 0 Å². The summed E-state index contributed by atoms with van der Waals surface area (Å²) in [4.78, 5) is 4.63. The topological polar surface area (TPSA) is 53.4 Å². The number of aromatic hydroxyl groups is 2. The Morgan fingerprint density at radius 3 is 1.67 bits per heavy atom. The van der Waals surface area contributed by atoms with Crippen molar-refractivity contribution in [3.05, 3.63) is 90.7 Å². The molecule has 0 atom stereocenters. The number of benzene rings is 3. The first-order chi connectivity index (χ1) is 13.1. The van der Waals surface area contributed by atoms with Crippen LogP contribution in [0.2, 0.25) is 0 Å². The van der Waals surface area contributed by atoms with Gasteiger partial charge >= 0.3 is 0 Å². The molecule has 0 fully saturated rings. The van der Waals surface area contributed by atoms with Crippen molar-refractivity contribution in [2.45, 2.75) is 0 Å². The van der Waals surface area contributed by atoms with E-state index in [1.54, 1.807) is 54.6 Å². The number of hydrogen-bond acceptors (Lipinski definition) is 3. The highest BCUT2D eigenvalue weighted by Crippen LogP contribution is 2.36. The molecule has 0 spiro atoms. The number of halogens is 1. The molecule has 0 aliphatic rings. The van der Waals surface area contributed by atoms with Gasteiger partial charge in [-0.2, -0.15) is 0 Å². The Morgan fingerprint density at radius 2 is 1.15 bits per heavy atom. The Labute approximate surface area is 156 Å². The summed E-state index contributed by atoms with van der Waals surface area (Å²) in [5.41, 5.74) is 3.62. The molecule has 132 valence electrons. The second-order valence-electron chi connectivity index (χ2n) is 6.17.